The zero-order chi connectivity index (χ0) is 30.6. The molecule has 0 aliphatic carbocycles. The average molecular weight is 583 g/mol. The monoisotopic (exact) mass is 582 g/mol. The Morgan fingerprint density at radius 1 is 0.750 bits per heavy atom. The van der Waals surface area contributed by atoms with Gasteiger partial charge in [0, 0.05) is 36.5 Å². The number of rotatable bonds is 7. The number of nitrogens with two attached hydrogens (primary N) is 1. The van der Waals surface area contributed by atoms with Crippen LogP contribution in [0.1, 0.15) is 23.1 Å². The van der Waals surface area contributed by atoms with Crippen molar-refractivity contribution in [3.05, 3.63) is 126 Å². The molecule has 0 unspecified atom stereocenters. The number of aromatic nitrogens is 2. The van der Waals surface area contributed by atoms with Crippen LogP contribution < -0.4 is 11.1 Å². The molecule has 8 nitrogen and oxygen atoms in total. The summed E-state index contributed by atoms with van der Waals surface area (Å²) in [6, 6.07) is 31.2. The summed E-state index contributed by atoms with van der Waals surface area (Å²) < 4.78 is 1.92. The number of nitrogens with one attached hydrogen (secondary N) is 1. The molecule has 1 aliphatic heterocycles. The number of imide groups is 1. The minimum absolute atomic E-state index is 0.0603. The van der Waals surface area contributed by atoms with Crippen molar-refractivity contribution in [2.75, 3.05) is 6.61 Å². The van der Waals surface area contributed by atoms with Crippen molar-refractivity contribution in [3.8, 4) is 0 Å². The lowest BCUT2D eigenvalue weighted by atomic mass is 9.93. The van der Waals surface area contributed by atoms with E-state index in [1.807, 2.05) is 108 Å². The molecule has 0 bridgehead atoms. The van der Waals surface area contributed by atoms with E-state index in [0.29, 0.717) is 36.1 Å². The largest absolute Gasteiger partial charge is 0.396 e. The Bertz CT molecular complexity index is 2080. The summed E-state index contributed by atoms with van der Waals surface area (Å²) in [6.07, 6.45) is 4.43. The lowest BCUT2D eigenvalue weighted by Gasteiger charge is -2.08. The van der Waals surface area contributed by atoms with E-state index >= 15 is 0 Å². The molecule has 6 aromatic rings. The molecule has 0 fully saturated rings. The van der Waals surface area contributed by atoms with E-state index in [1.165, 1.54) is 0 Å². The SMILES string of the molecule is NC(=O)Cc1cccc2ccccc12.O=C1NC(=O)C(c2cn(CCCO)c3ncccc23)=C1c1cccc2ccccc12. The van der Waals surface area contributed by atoms with E-state index in [-0.39, 0.29) is 12.5 Å². The van der Waals surface area contributed by atoms with Gasteiger partial charge in [-0.25, -0.2) is 4.98 Å². The molecule has 1 aliphatic rings. The van der Waals surface area contributed by atoms with Crippen molar-refractivity contribution in [1.29, 1.82) is 0 Å². The Labute approximate surface area is 253 Å². The van der Waals surface area contributed by atoms with Crippen LogP contribution in [0.5, 0.6) is 0 Å². The second-order valence-electron chi connectivity index (χ2n) is 10.5. The zero-order valence-electron chi connectivity index (χ0n) is 23.9. The number of aryl methyl sites for hydroxylation is 1. The number of aliphatic hydroxyl groups excluding tert-OH is 1. The highest BCUT2D eigenvalue weighted by atomic mass is 16.3. The molecule has 8 heteroatoms. The molecule has 218 valence electrons. The fourth-order valence-corrected chi connectivity index (χ4v) is 5.78. The third-order valence-corrected chi connectivity index (χ3v) is 7.70. The van der Waals surface area contributed by atoms with E-state index in [2.05, 4.69) is 10.3 Å². The van der Waals surface area contributed by atoms with Crippen LogP contribution in [0.2, 0.25) is 0 Å². The van der Waals surface area contributed by atoms with Gasteiger partial charge in [-0.2, -0.15) is 0 Å². The third-order valence-electron chi connectivity index (χ3n) is 7.70. The van der Waals surface area contributed by atoms with E-state index < -0.39 is 11.8 Å². The maximum atomic E-state index is 12.9. The van der Waals surface area contributed by atoms with E-state index in [9.17, 15) is 19.5 Å². The average Bonchev–Trinajstić information content (AvgIpc) is 3.55. The Morgan fingerprint density at radius 2 is 1.36 bits per heavy atom. The van der Waals surface area contributed by atoms with Gasteiger partial charge >= 0.3 is 0 Å². The molecule has 0 saturated carbocycles. The summed E-state index contributed by atoms with van der Waals surface area (Å²) in [5.41, 5.74) is 9.03. The number of amides is 3. The second kappa shape index (κ2) is 12.3. The van der Waals surface area contributed by atoms with Crippen LogP contribution in [0.3, 0.4) is 0 Å². The number of carbonyl (C=O) groups excluding carboxylic acids is 3. The van der Waals surface area contributed by atoms with E-state index in [0.717, 1.165) is 43.7 Å². The molecule has 0 spiro atoms. The van der Waals surface area contributed by atoms with Gasteiger partial charge in [0.1, 0.15) is 5.65 Å². The maximum absolute atomic E-state index is 12.9. The first-order valence-corrected chi connectivity index (χ1v) is 14.3. The summed E-state index contributed by atoms with van der Waals surface area (Å²) in [5, 5.41) is 16.7. The van der Waals surface area contributed by atoms with Crippen molar-refractivity contribution in [3.63, 3.8) is 0 Å². The molecule has 7 rings (SSSR count). The highest BCUT2D eigenvalue weighted by molar-refractivity contribution is 6.50. The number of aliphatic hydroxyl groups is 1. The third kappa shape index (κ3) is 5.46. The van der Waals surface area contributed by atoms with Crippen molar-refractivity contribution in [1.82, 2.24) is 14.9 Å². The number of hydrogen-bond acceptors (Lipinski definition) is 5. The van der Waals surface area contributed by atoms with Gasteiger partial charge in [-0.15, -0.1) is 0 Å². The fourth-order valence-electron chi connectivity index (χ4n) is 5.78. The minimum Gasteiger partial charge on any atom is -0.396 e. The van der Waals surface area contributed by atoms with Crippen LogP contribution in [-0.2, 0) is 27.3 Å². The molecular formula is C36H30N4O4. The van der Waals surface area contributed by atoms with Crippen LogP contribution in [-0.4, -0.2) is 39.0 Å². The van der Waals surface area contributed by atoms with Crippen molar-refractivity contribution in [2.45, 2.75) is 19.4 Å². The Kier molecular flexibility index (Phi) is 7.99. The summed E-state index contributed by atoms with van der Waals surface area (Å²) in [4.78, 5) is 41.1. The summed E-state index contributed by atoms with van der Waals surface area (Å²) in [7, 11) is 0. The first-order chi connectivity index (χ1) is 21.5. The normalized spacial score (nSPS) is 12.9. The number of primary amides is 1. The van der Waals surface area contributed by atoms with E-state index in [4.69, 9.17) is 5.73 Å². The fraction of sp³-hybridized carbons (Fsp3) is 0.111. The van der Waals surface area contributed by atoms with Crippen molar-refractivity contribution in [2.24, 2.45) is 5.73 Å². The molecule has 0 radical (unpaired) electrons. The van der Waals surface area contributed by atoms with Gasteiger partial charge in [-0.1, -0.05) is 84.9 Å². The van der Waals surface area contributed by atoms with Gasteiger partial charge < -0.3 is 15.4 Å². The Balaban J connectivity index is 0.000000205. The van der Waals surface area contributed by atoms with Gasteiger partial charge in [0.15, 0.2) is 0 Å². The Hall–Kier alpha value is -5.60. The van der Waals surface area contributed by atoms with Crippen LogP contribution in [0, 0.1) is 0 Å². The second-order valence-corrected chi connectivity index (χ2v) is 10.5. The van der Waals surface area contributed by atoms with Gasteiger partial charge in [0.25, 0.3) is 11.8 Å². The summed E-state index contributed by atoms with van der Waals surface area (Å²) in [5.74, 6) is -1.10. The Morgan fingerprint density at radius 3 is 2.09 bits per heavy atom. The standard InChI is InChI=1S/C24H19N3O3.C12H11NO/c28-13-5-12-27-14-19(18-10-4-11-25-22(18)27)21-20(23(29)26-24(21)30)17-9-3-7-15-6-1-2-8-16(15)17;13-12(14)8-10-6-3-5-9-4-1-2-7-11(9)10/h1-4,6-11,14,28H,5,12-13H2,(H,26,29,30);1-7H,8H2,(H2,13,14). The predicted molar refractivity (Wildman–Crippen MR) is 172 cm³/mol. The first kappa shape index (κ1) is 28.5. The molecule has 4 N–H and O–H groups in total. The predicted octanol–water partition coefficient (Wildman–Crippen LogP) is 5.01. The lowest BCUT2D eigenvalue weighted by Crippen LogP contribution is -2.22. The number of fused-ring (bicyclic) bond motifs is 3. The van der Waals surface area contributed by atoms with Crippen LogP contribution >= 0.6 is 0 Å². The number of carbonyl (C=O) groups is 3. The molecule has 3 heterocycles. The van der Waals surface area contributed by atoms with Crippen LogP contribution in [0.4, 0.5) is 0 Å². The van der Waals surface area contributed by atoms with E-state index in [1.54, 1.807) is 6.20 Å². The molecule has 44 heavy (non-hydrogen) atoms. The smallest absolute Gasteiger partial charge is 0.259 e. The van der Waals surface area contributed by atoms with Crippen molar-refractivity contribution < 1.29 is 19.5 Å². The molecular weight excluding hydrogens is 552 g/mol. The lowest BCUT2D eigenvalue weighted by molar-refractivity contribution is -0.123. The molecule has 2 aromatic heterocycles. The van der Waals surface area contributed by atoms with Gasteiger partial charge in [0.2, 0.25) is 5.91 Å². The highest BCUT2D eigenvalue weighted by Gasteiger charge is 2.34. The van der Waals surface area contributed by atoms with Crippen molar-refractivity contribution >= 4 is 61.4 Å². The zero-order valence-corrected chi connectivity index (χ0v) is 23.9. The molecule has 0 atom stereocenters. The molecule has 0 saturated heterocycles. The topological polar surface area (TPSA) is 127 Å². The van der Waals surface area contributed by atoms with Gasteiger partial charge in [-0.05, 0) is 51.2 Å². The number of benzene rings is 4. The molecule has 4 aromatic carbocycles. The highest BCUT2D eigenvalue weighted by Crippen LogP contribution is 2.37. The summed E-state index contributed by atoms with van der Waals surface area (Å²) in [6.45, 7) is 0.626. The maximum Gasteiger partial charge on any atom is 0.259 e. The number of hydrogen-bond donors (Lipinski definition) is 3. The minimum atomic E-state index is -0.409. The number of nitrogens with zero attached hydrogens (tertiary/aromatic N) is 2. The van der Waals surface area contributed by atoms with Gasteiger partial charge in [-0.3, -0.25) is 19.7 Å². The van der Waals surface area contributed by atoms with Gasteiger partial charge in [0.05, 0.1) is 17.6 Å². The molecule has 3 amide bonds. The quantitative estimate of drug-likeness (QED) is 0.228. The number of pyridine rings is 1. The van der Waals surface area contributed by atoms with Crippen LogP contribution in [0.15, 0.2) is 109 Å². The first-order valence-electron chi connectivity index (χ1n) is 14.3. The summed E-state index contributed by atoms with van der Waals surface area (Å²) >= 11 is 0. The van der Waals surface area contributed by atoms with Crippen LogP contribution in [0.25, 0.3) is 43.7 Å².